The molecule has 1 fully saturated rings. The Labute approximate surface area is 127 Å². The molecule has 118 valence electrons. The lowest BCUT2D eigenvalue weighted by atomic mass is 10.1. The molecule has 21 heavy (non-hydrogen) atoms. The highest BCUT2D eigenvalue weighted by atomic mass is 19.1. The van der Waals surface area contributed by atoms with Crippen LogP contribution in [0.5, 0.6) is 5.88 Å². The Morgan fingerprint density at radius 2 is 1.90 bits per heavy atom. The SMILES string of the molecule is CC(C)(C)NCc1cc(F)cnc1OC1CCCCCC1. The summed E-state index contributed by atoms with van der Waals surface area (Å²) in [6.45, 7) is 6.83. The van der Waals surface area contributed by atoms with Gasteiger partial charge in [-0.25, -0.2) is 9.37 Å². The maximum Gasteiger partial charge on any atom is 0.218 e. The Morgan fingerprint density at radius 1 is 1.24 bits per heavy atom. The standard InChI is InChI=1S/C17H27FN2O/c1-17(2,3)20-11-13-10-14(18)12-19-16(13)21-15-8-6-4-5-7-9-15/h10,12,15,20H,4-9,11H2,1-3H3. The monoisotopic (exact) mass is 294 g/mol. The minimum absolute atomic E-state index is 0.0219. The molecule has 0 aromatic carbocycles. The van der Waals surface area contributed by atoms with E-state index in [-0.39, 0.29) is 17.5 Å². The molecule has 4 heteroatoms. The normalized spacial score (nSPS) is 17.5. The highest BCUT2D eigenvalue weighted by molar-refractivity contribution is 5.26. The van der Waals surface area contributed by atoms with E-state index < -0.39 is 0 Å². The second-order valence-electron chi connectivity index (χ2n) is 6.95. The van der Waals surface area contributed by atoms with E-state index in [2.05, 4.69) is 31.1 Å². The molecule has 1 N–H and O–H groups in total. The van der Waals surface area contributed by atoms with Crippen LogP contribution in [0.3, 0.4) is 0 Å². The number of nitrogens with one attached hydrogen (secondary N) is 1. The van der Waals surface area contributed by atoms with E-state index >= 15 is 0 Å². The molecule has 1 aliphatic carbocycles. The average Bonchev–Trinajstić information content (AvgIpc) is 2.67. The zero-order valence-electron chi connectivity index (χ0n) is 13.4. The number of hydrogen-bond donors (Lipinski definition) is 1. The first kappa shape index (κ1) is 16.2. The van der Waals surface area contributed by atoms with E-state index in [1.165, 1.54) is 37.9 Å². The van der Waals surface area contributed by atoms with Crippen molar-refractivity contribution in [2.24, 2.45) is 0 Å². The number of pyridine rings is 1. The fraction of sp³-hybridized carbons (Fsp3) is 0.706. The van der Waals surface area contributed by atoms with Gasteiger partial charge in [0.25, 0.3) is 0 Å². The Balaban J connectivity index is 2.06. The first-order valence-corrected chi connectivity index (χ1v) is 8.00. The fourth-order valence-corrected chi connectivity index (χ4v) is 2.58. The van der Waals surface area contributed by atoms with Gasteiger partial charge in [-0.15, -0.1) is 0 Å². The summed E-state index contributed by atoms with van der Waals surface area (Å²) in [5.74, 6) is 0.272. The lowest BCUT2D eigenvalue weighted by molar-refractivity contribution is 0.173. The highest BCUT2D eigenvalue weighted by Gasteiger charge is 2.18. The summed E-state index contributed by atoms with van der Waals surface area (Å²) >= 11 is 0. The zero-order chi connectivity index (χ0) is 15.3. The summed E-state index contributed by atoms with van der Waals surface area (Å²) in [5, 5.41) is 3.37. The van der Waals surface area contributed by atoms with Gasteiger partial charge in [-0.2, -0.15) is 0 Å². The van der Waals surface area contributed by atoms with Crippen molar-refractivity contribution in [1.82, 2.24) is 10.3 Å². The minimum atomic E-state index is -0.311. The van der Waals surface area contributed by atoms with E-state index in [4.69, 9.17) is 4.74 Å². The number of rotatable bonds is 4. The summed E-state index contributed by atoms with van der Waals surface area (Å²) in [6.07, 6.45) is 8.61. The number of halogens is 1. The maximum atomic E-state index is 13.5. The summed E-state index contributed by atoms with van der Waals surface area (Å²) in [4.78, 5) is 4.17. The highest BCUT2D eigenvalue weighted by Crippen LogP contribution is 2.24. The molecule has 0 amide bonds. The second-order valence-corrected chi connectivity index (χ2v) is 6.95. The molecule has 1 heterocycles. The van der Waals surface area contributed by atoms with Crippen molar-refractivity contribution in [3.05, 3.63) is 23.6 Å². The van der Waals surface area contributed by atoms with Crippen LogP contribution in [0, 0.1) is 5.82 Å². The van der Waals surface area contributed by atoms with Gasteiger partial charge in [-0.3, -0.25) is 0 Å². The van der Waals surface area contributed by atoms with Gasteiger partial charge in [0.15, 0.2) is 0 Å². The number of aromatic nitrogens is 1. The van der Waals surface area contributed by atoms with E-state index in [0.717, 1.165) is 18.4 Å². The largest absolute Gasteiger partial charge is 0.474 e. The third kappa shape index (κ3) is 5.62. The quantitative estimate of drug-likeness (QED) is 0.845. The second kappa shape index (κ2) is 7.21. The zero-order valence-corrected chi connectivity index (χ0v) is 13.4. The van der Waals surface area contributed by atoms with Gasteiger partial charge in [0.2, 0.25) is 5.88 Å². The predicted molar refractivity (Wildman–Crippen MR) is 82.9 cm³/mol. The van der Waals surface area contributed by atoms with Crippen molar-refractivity contribution >= 4 is 0 Å². The van der Waals surface area contributed by atoms with E-state index in [1.807, 2.05) is 0 Å². The Hall–Kier alpha value is -1.16. The van der Waals surface area contributed by atoms with E-state index in [9.17, 15) is 4.39 Å². The number of nitrogens with zero attached hydrogens (tertiary/aromatic N) is 1. The first-order chi connectivity index (χ1) is 9.94. The van der Waals surface area contributed by atoms with Crippen LogP contribution in [0.1, 0.15) is 64.9 Å². The smallest absolute Gasteiger partial charge is 0.218 e. The molecule has 0 saturated heterocycles. The third-order valence-corrected chi connectivity index (χ3v) is 3.78. The van der Waals surface area contributed by atoms with Gasteiger partial charge in [0.1, 0.15) is 11.9 Å². The van der Waals surface area contributed by atoms with E-state index in [0.29, 0.717) is 12.4 Å². The van der Waals surface area contributed by atoms with Gasteiger partial charge in [0, 0.05) is 17.6 Å². The molecule has 3 nitrogen and oxygen atoms in total. The van der Waals surface area contributed by atoms with Crippen LogP contribution in [0.15, 0.2) is 12.3 Å². The molecule has 0 unspecified atom stereocenters. The summed E-state index contributed by atoms with van der Waals surface area (Å²) in [7, 11) is 0. The fourth-order valence-electron chi connectivity index (χ4n) is 2.58. The number of ether oxygens (including phenoxy) is 1. The summed E-state index contributed by atoms with van der Waals surface area (Å²) in [5.41, 5.74) is 0.778. The Bertz CT molecular complexity index is 449. The number of hydrogen-bond acceptors (Lipinski definition) is 3. The van der Waals surface area contributed by atoms with Gasteiger partial charge < -0.3 is 10.1 Å². The third-order valence-electron chi connectivity index (χ3n) is 3.78. The van der Waals surface area contributed by atoms with Crippen LogP contribution in [0.4, 0.5) is 4.39 Å². The molecule has 0 aliphatic heterocycles. The molecule has 0 radical (unpaired) electrons. The van der Waals surface area contributed by atoms with Crippen LogP contribution in [0.25, 0.3) is 0 Å². The lowest BCUT2D eigenvalue weighted by Gasteiger charge is -2.23. The van der Waals surface area contributed by atoms with Crippen molar-refractivity contribution in [1.29, 1.82) is 0 Å². The molecular formula is C17H27FN2O. The topological polar surface area (TPSA) is 34.2 Å². The molecule has 1 aromatic heterocycles. The van der Waals surface area contributed by atoms with Gasteiger partial charge >= 0.3 is 0 Å². The van der Waals surface area contributed by atoms with Crippen LogP contribution in [-0.2, 0) is 6.54 Å². The Kier molecular flexibility index (Phi) is 5.57. The predicted octanol–water partition coefficient (Wildman–Crippen LogP) is 4.21. The van der Waals surface area contributed by atoms with Gasteiger partial charge in [0.05, 0.1) is 6.20 Å². The molecule has 1 saturated carbocycles. The Morgan fingerprint density at radius 3 is 2.52 bits per heavy atom. The first-order valence-electron chi connectivity index (χ1n) is 8.00. The van der Waals surface area contributed by atoms with Crippen molar-refractivity contribution < 1.29 is 9.13 Å². The molecule has 0 bridgehead atoms. The molecule has 1 aliphatic rings. The average molecular weight is 294 g/mol. The molecule has 1 aromatic rings. The van der Waals surface area contributed by atoms with Crippen LogP contribution >= 0.6 is 0 Å². The van der Waals surface area contributed by atoms with Crippen molar-refractivity contribution in [3.8, 4) is 5.88 Å². The molecule has 2 rings (SSSR count). The lowest BCUT2D eigenvalue weighted by Crippen LogP contribution is -2.35. The van der Waals surface area contributed by atoms with Gasteiger partial charge in [-0.05, 0) is 52.5 Å². The summed E-state index contributed by atoms with van der Waals surface area (Å²) in [6, 6.07) is 1.53. The van der Waals surface area contributed by atoms with E-state index in [1.54, 1.807) is 0 Å². The van der Waals surface area contributed by atoms with Crippen LogP contribution in [-0.4, -0.2) is 16.6 Å². The van der Waals surface area contributed by atoms with Crippen LogP contribution in [0.2, 0.25) is 0 Å². The maximum absolute atomic E-state index is 13.5. The molecule has 0 spiro atoms. The van der Waals surface area contributed by atoms with Gasteiger partial charge in [-0.1, -0.05) is 12.8 Å². The molecule has 0 atom stereocenters. The van der Waals surface area contributed by atoms with Crippen molar-refractivity contribution in [2.45, 2.75) is 77.5 Å². The van der Waals surface area contributed by atoms with Crippen molar-refractivity contribution in [3.63, 3.8) is 0 Å². The van der Waals surface area contributed by atoms with Crippen molar-refractivity contribution in [2.75, 3.05) is 0 Å². The molecular weight excluding hydrogens is 267 g/mol. The minimum Gasteiger partial charge on any atom is -0.474 e. The van der Waals surface area contributed by atoms with Crippen LogP contribution < -0.4 is 10.1 Å². The summed E-state index contributed by atoms with van der Waals surface area (Å²) < 4.78 is 19.5.